The van der Waals surface area contributed by atoms with E-state index < -0.39 is 26.4 Å². The van der Waals surface area contributed by atoms with Gasteiger partial charge in [0, 0.05) is 19.8 Å². The van der Waals surface area contributed by atoms with Crippen LogP contribution in [0, 0.1) is 10.1 Å². The van der Waals surface area contributed by atoms with E-state index in [0.717, 1.165) is 23.4 Å². The Morgan fingerprint density at radius 2 is 2.15 bits per heavy atom. The average Bonchev–Trinajstić information content (AvgIpc) is 2.33. The predicted molar refractivity (Wildman–Crippen MR) is 72.6 cm³/mol. The van der Waals surface area contributed by atoms with E-state index in [4.69, 9.17) is 11.6 Å². The first-order valence-corrected chi connectivity index (χ1v) is 7.79. The molecule has 0 aliphatic heterocycles. The van der Waals surface area contributed by atoms with Gasteiger partial charge in [0.25, 0.3) is 11.6 Å². The van der Waals surface area contributed by atoms with Crippen molar-refractivity contribution in [3.8, 4) is 0 Å². The van der Waals surface area contributed by atoms with Gasteiger partial charge < -0.3 is 4.90 Å². The van der Waals surface area contributed by atoms with Crippen molar-refractivity contribution in [3.63, 3.8) is 0 Å². The van der Waals surface area contributed by atoms with E-state index >= 15 is 0 Å². The molecule has 110 valence electrons. The van der Waals surface area contributed by atoms with E-state index in [9.17, 15) is 23.3 Å². The van der Waals surface area contributed by atoms with Gasteiger partial charge in [0.1, 0.15) is 26.8 Å². The number of hydrogen-bond donors (Lipinski definition) is 0. The van der Waals surface area contributed by atoms with Crippen molar-refractivity contribution in [2.75, 3.05) is 25.6 Å². The maximum absolute atomic E-state index is 12.1. The van der Waals surface area contributed by atoms with Crippen LogP contribution in [0.3, 0.4) is 0 Å². The molecule has 0 fully saturated rings. The monoisotopic (exact) mass is 321 g/mol. The quantitative estimate of drug-likeness (QED) is 0.450. The van der Waals surface area contributed by atoms with Crippen molar-refractivity contribution in [2.45, 2.75) is 0 Å². The Morgan fingerprint density at radius 1 is 1.55 bits per heavy atom. The van der Waals surface area contributed by atoms with Crippen LogP contribution in [0.15, 0.2) is 12.3 Å². The molecule has 8 nitrogen and oxygen atoms in total. The van der Waals surface area contributed by atoms with Gasteiger partial charge in [-0.25, -0.2) is 13.4 Å². The first-order chi connectivity index (χ1) is 9.11. The molecule has 0 atom stereocenters. The van der Waals surface area contributed by atoms with Crippen molar-refractivity contribution in [1.29, 1.82) is 0 Å². The van der Waals surface area contributed by atoms with Gasteiger partial charge in [0.05, 0.1) is 10.7 Å². The molecular formula is C10H12ClN3O5S. The van der Waals surface area contributed by atoms with Crippen LogP contribution in [0.5, 0.6) is 0 Å². The number of sulfone groups is 1. The predicted octanol–water partition coefficient (Wildman–Crippen LogP) is 0.760. The first kappa shape index (κ1) is 16.3. The topological polar surface area (TPSA) is 110 Å². The number of rotatable bonds is 5. The Bertz CT molecular complexity index is 646. The minimum atomic E-state index is -3.24. The highest BCUT2D eigenvalue weighted by atomic mass is 35.5. The third-order valence-corrected chi connectivity index (χ3v) is 3.55. The van der Waals surface area contributed by atoms with Crippen LogP contribution in [-0.2, 0) is 9.84 Å². The number of carbonyl (C=O) groups is 1. The summed E-state index contributed by atoms with van der Waals surface area (Å²) in [4.78, 5) is 26.8. The van der Waals surface area contributed by atoms with Crippen molar-refractivity contribution >= 4 is 33.0 Å². The van der Waals surface area contributed by atoms with E-state index in [1.54, 1.807) is 0 Å². The van der Waals surface area contributed by atoms with E-state index in [2.05, 4.69) is 4.98 Å². The van der Waals surface area contributed by atoms with Crippen LogP contribution in [-0.4, -0.2) is 54.7 Å². The minimum Gasteiger partial charge on any atom is -0.340 e. The summed E-state index contributed by atoms with van der Waals surface area (Å²) >= 11 is 5.62. The van der Waals surface area contributed by atoms with Gasteiger partial charge in [-0.2, -0.15) is 0 Å². The summed E-state index contributed by atoms with van der Waals surface area (Å²) in [5.41, 5.74) is -0.711. The first-order valence-electron chi connectivity index (χ1n) is 5.35. The molecule has 0 aromatic carbocycles. The molecule has 0 unspecified atom stereocenters. The molecule has 0 aliphatic rings. The smallest absolute Gasteiger partial charge is 0.300 e. The number of hydrogen-bond acceptors (Lipinski definition) is 6. The summed E-state index contributed by atoms with van der Waals surface area (Å²) in [6, 6.07) is 1.08. The molecule has 0 radical (unpaired) electrons. The zero-order valence-corrected chi connectivity index (χ0v) is 12.3. The highest BCUT2D eigenvalue weighted by Crippen LogP contribution is 2.21. The highest BCUT2D eigenvalue weighted by Gasteiger charge is 2.24. The normalized spacial score (nSPS) is 11.2. The Labute approximate surface area is 120 Å². The van der Waals surface area contributed by atoms with Crippen molar-refractivity contribution in [1.82, 2.24) is 9.88 Å². The molecule has 1 heterocycles. The maximum Gasteiger partial charge on any atom is 0.300 e. The van der Waals surface area contributed by atoms with Gasteiger partial charge in [0.2, 0.25) is 0 Å². The lowest BCUT2D eigenvalue weighted by atomic mass is 10.2. The van der Waals surface area contributed by atoms with Gasteiger partial charge in [-0.05, 0) is 6.07 Å². The summed E-state index contributed by atoms with van der Waals surface area (Å²) in [7, 11) is -1.88. The molecule has 0 spiro atoms. The lowest BCUT2D eigenvalue weighted by molar-refractivity contribution is -0.385. The maximum atomic E-state index is 12.1. The summed E-state index contributed by atoms with van der Waals surface area (Å²) in [6.45, 7) is -0.0746. The molecule has 20 heavy (non-hydrogen) atoms. The van der Waals surface area contributed by atoms with E-state index in [1.807, 2.05) is 0 Å². The number of amides is 1. The lowest BCUT2D eigenvalue weighted by Crippen LogP contribution is -2.31. The van der Waals surface area contributed by atoms with Crippen molar-refractivity contribution in [2.24, 2.45) is 0 Å². The van der Waals surface area contributed by atoms with E-state index in [-0.39, 0.29) is 23.0 Å². The Hall–Kier alpha value is -1.74. The number of carbonyl (C=O) groups excluding carboxylic acids is 1. The van der Waals surface area contributed by atoms with Gasteiger partial charge in [-0.15, -0.1) is 0 Å². The molecule has 0 saturated carbocycles. The zero-order chi connectivity index (χ0) is 15.5. The van der Waals surface area contributed by atoms with E-state index in [1.165, 1.54) is 7.05 Å². The molecular weight excluding hydrogens is 310 g/mol. The Morgan fingerprint density at radius 3 is 2.65 bits per heavy atom. The summed E-state index contributed by atoms with van der Waals surface area (Å²) < 4.78 is 22.1. The Balaban J connectivity index is 3.02. The van der Waals surface area contributed by atoms with Crippen molar-refractivity contribution < 1.29 is 18.1 Å². The van der Waals surface area contributed by atoms with E-state index in [0.29, 0.717) is 0 Å². The molecule has 10 heteroatoms. The van der Waals surface area contributed by atoms with Crippen LogP contribution in [0.2, 0.25) is 5.15 Å². The van der Waals surface area contributed by atoms with Crippen LogP contribution >= 0.6 is 11.6 Å². The molecule has 0 N–H and O–H groups in total. The number of aromatic nitrogens is 1. The fourth-order valence-corrected chi connectivity index (χ4v) is 2.11. The van der Waals surface area contributed by atoms with Crippen LogP contribution < -0.4 is 0 Å². The van der Waals surface area contributed by atoms with Crippen LogP contribution in [0.25, 0.3) is 0 Å². The molecule has 1 aromatic rings. The molecule has 0 aliphatic carbocycles. The number of nitro groups is 1. The summed E-state index contributed by atoms with van der Waals surface area (Å²) in [5.74, 6) is -0.924. The highest BCUT2D eigenvalue weighted by molar-refractivity contribution is 7.90. The molecule has 1 aromatic heterocycles. The molecule has 0 bridgehead atoms. The number of halogens is 1. The van der Waals surface area contributed by atoms with Crippen LogP contribution in [0.4, 0.5) is 5.69 Å². The molecule has 1 amide bonds. The fourth-order valence-electron chi connectivity index (χ4n) is 1.35. The van der Waals surface area contributed by atoms with Gasteiger partial charge in [-0.3, -0.25) is 14.9 Å². The summed E-state index contributed by atoms with van der Waals surface area (Å²) in [5, 5.41) is 10.8. The minimum absolute atomic E-state index is 0.0598. The van der Waals surface area contributed by atoms with Gasteiger partial charge in [0.15, 0.2) is 0 Å². The standard InChI is InChI=1S/C10H12ClN3O5S/c1-13(3-4-20(2,18)19)10(15)7-5-9(11)12-6-8(7)14(16)17/h5-6H,3-4H2,1-2H3. The van der Waals surface area contributed by atoms with Gasteiger partial charge in [-0.1, -0.05) is 11.6 Å². The second-order valence-corrected chi connectivity index (χ2v) is 6.78. The average molecular weight is 322 g/mol. The summed E-state index contributed by atoms with van der Waals surface area (Å²) in [6.07, 6.45) is 1.93. The Kier molecular flexibility index (Phi) is 5.01. The SMILES string of the molecule is CN(CCS(C)(=O)=O)C(=O)c1cc(Cl)ncc1[N+](=O)[O-]. The third-order valence-electron chi connectivity index (χ3n) is 2.42. The fraction of sp³-hybridized carbons (Fsp3) is 0.400. The second kappa shape index (κ2) is 6.14. The van der Waals surface area contributed by atoms with Crippen LogP contribution in [0.1, 0.15) is 10.4 Å². The van der Waals surface area contributed by atoms with Crippen molar-refractivity contribution in [3.05, 3.63) is 33.1 Å². The zero-order valence-electron chi connectivity index (χ0n) is 10.7. The number of pyridine rings is 1. The lowest BCUT2D eigenvalue weighted by Gasteiger charge is -2.16. The van der Waals surface area contributed by atoms with Gasteiger partial charge >= 0.3 is 0 Å². The third kappa shape index (κ3) is 4.42. The molecule has 1 rings (SSSR count). The molecule has 0 saturated heterocycles. The largest absolute Gasteiger partial charge is 0.340 e. The second-order valence-electron chi connectivity index (χ2n) is 4.14. The number of nitrogens with zero attached hydrogens (tertiary/aromatic N) is 3.